The predicted octanol–water partition coefficient (Wildman–Crippen LogP) is 6.45. The second-order valence-electron chi connectivity index (χ2n) is 14.3. The zero-order chi connectivity index (χ0) is 25.3. The smallest absolute Gasteiger partial charge is 0.303 e. The maximum atomic E-state index is 11.7. The van der Waals surface area contributed by atoms with E-state index in [9.17, 15) is 20.1 Å². The van der Waals surface area contributed by atoms with Crippen molar-refractivity contribution in [2.45, 2.75) is 111 Å². The number of carboxylic acid groups (broad SMARTS) is 1. The maximum Gasteiger partial charge on any atom is 0.303 e. The van der Waals surface area contributed by atoms with E-state index in [1.165, 1.54) is 5.57 Å². The van der Waals surface area contributed by atoms with E-state index >= 15 is 0 Å². The van der Waals surface area contributed by atoms with Gasteiger partial charge >= 0.3 is 5.97 Å². The topological polar surface area (TPSA) is 77.8 Å². The first-order valence-electron chi connectivity index (χ1n) is 13.9. The van der Waals surface area contributed by atoms with E-state index in [0.717, 1.165) is 51.4 Å². The molecule has 9 atom stereocenters. The quantitative estimate of drug-likeness (QED) is 0.386. The number of carboxylic acids is 1. The number of fused-ring (bicyclic) bond motifs is 5. The Balaban J connectivity index is 1.77. The van der Waals surface area contributed by atoms with Gasteiger partial charge in [-0.2, -0.15) is 0 Å². The summed E-state index contributed by atoms with van der Waals surface area (Å²) in [7, 11) is 0. The van der Waals surface area contributed by atoms with Gasteiger partial charge in [-0.1, -0.05) is 32.9 Å². The number of aliphatic hydroxyl groups is 2. The lowest BCUT2D eigenvalue weighted by Gasteiger charge is -2.71. The van der Waals surface area contributed by atoms with Gasteiger partial charge in [-0.05, 0) is 130 Å². The van der Waals surface area contributed by atoms with E-state index in [-0.39, 0.29) is 34.0 Å². The van der Waals surface area contributed by atoms with Crippen molar-refractivity contribution in [3.63, 3.8) is 0 Å². The summed E-state index contributed by atoms with van der Waals surface area (Å²) >= 11 is 0. The van der Waals surface area contributed by atoms with Crippen molar-refractivity contribution in [1.29, 1.82) is 0 Å². The van der Waals surface area contributed by atoms with Crippen LogP contribution in [0.2, 0.25) is 0 Å². The second-order valence-corrected chi connectivity index (χ2v) is 14.3. The molecule has 0 spiro atoms. The highest BCUT2D eigenvalue weighted by Gasteiger charge is 2.69. The van der Waals surface area contributed by atoms with Crippen molar-refractivity contribution in [2.75, 3.05) is 6.61 Å². The third-order valence-electron chi connectivity index (χ3n) is 12.6. The molecule has 4 rings (SSSR count). The molecule has 0 radical (unpaired) electrons. The summed E-state index contributed by atoms with van der Waals surface area (Å²) in [6.07, 6.45) is 9.61. The van der Waals surface area contributed by atoms with Crippen molar-refractivity contribution >= 4 is 5.97 Å². The normalized spacial score (nSPS) is 48.5. The van der Waals surface area contributed by atoms with Gasteiger partial charge in [0.15, 0.2) is 0 Å². The van der Waals surface area contributed by atoms with Gasteiger partial charge in [-0.25, -0.2) is 0 Å². The van der Waals surface area contributed by atoms with E-state index in [1.807, 2.05) is 13.8 Å². The molecule has 4 aliphatic carbocycles. The van der Waals surface area contributed by atoms with Crippen LogP contribution >= 0.6 is 0 Å². The van der Waals surface area contributed by atoms with Crippen LogP contribution in [0, 0.1) is 51.2 Å². The molecule has 0 bridgehead atoms. The maximum absolute atomic E-state index is 11.7. The van der Waals surface area contributed by atoms with Crippen molar-refractivity contribution in [3.8, 4) is 0 Å². The van der Waals surface area contributed by atoms with Gasteiger partial charge in [-0.3, -0.25) is 4.79 Å². The molecular weight excluding hydrogens is 424 g/mol. The van der Waals surface area contributed by atoms with Gasteiger partial charge in [0.1, 0.15) is 0 Å². The lowest BCUT2D eigenvalue weighted by atomic mass is 9.33. The number of hydrogen-bond acceptors (Lipinski definition) is 3. The van der Waals surface area contributed by atoms with E-state index < -0.39 is 11.6 Å². The minimum absolute atomic E-state index is 0.0495. The molecule has 0 aromatic heterocycles. The largest absolute Gasteiger partial charge is 0.481 e. The Morgan fingerprint density at radius 1 is 1.00 bits per heavy atom. The van der Waals surface area contributed by atoms with Crippen LogP contribution in [0.5, 0.6) is 0 Å². The fraction of sp³-hybridized carbons (Fsp3) is 0.900. The summed E-state index contributed by atoms with van der Waals surface area (Å²) in [6, 6.07) is 0. The van der Waals surface area contributed by atoms with Crippen LogP contribution in [-0.2, 0) is 4.79 Å². The van der Waals surface area contributed by atoms with Crippen LogP contribution < -0.4 is 0 Å². The minimum atomic E-state index is -0.818. The highest BCUT2D eigenvalue weighted by molar-refractivity contribution is 5.66. The number of carbonyl (C=O) groups is 1. The first kappa shape index (κ1) is 26.2. The monoisotopic (exact) mass is 474 g/mol. The molecule has 0 amide bonds. The summed E-state index contributed by atoms with van der Waals surface area (Å²) < 4.78 is 0. The van der Waals surface area contributed by atoms with Crippen LogP contribution in [0.3, 0.4) is 0 Å². The van der Waals surface area contributed by atoms with E-state index in [2.05, 4.69) is 34.3 Å². The fourth-order valence-corrected chi connectivity index (χ4v) is 10.8. The Kier molecular flexibility index (Phi) is 6.42. The van der Waals surface area contributed by atoms with Crippen LogP contribution in [0.25, 0.3) is 0 Å². The van der Waals surface area contributed by atoms with Gasteiger partial charge in [0, 0.05) is 13.0 Å². The predicted molar refractivity (Wildman–Crippen MR) is 136 cm³/mol. The number of allylic oxidation sites excluding steroid dienone is 1. The lowest BCUT2D eigenvalue weighted by Crippen LogP contribution is -2.65. The molecule has 0 aromatic carbocycles. The van der Waals surface area contributed by atoms with Crippen LogP contribution in [0.15, 0.2) is 12.2 Å². The Hall–Kier alpha value is -0.870. The summed E-state index contributed by atoms with van der Waals surface area (Å²) in [5, 5.41) is 31.4. The fourth-order valence-electron chi connectivity index (χ4n) is 10.8. The molecule has 34 heavy (non-hydrogen) atoms. The number of rotatable bonds is 6. The van der Waals surface area contributed by atoms with Crippen molar-refractivity contribution in [3.05, 3.63) is 12.2 Å². The Labute approximate surface area is 207 Å². The molecule has 4 nitrogen and oxygen atoms in total. The molecule has 0 aromatic rings. The van der Waals surface area contributed by atoms with Crippen molar-refractivity contribution in [2.24, 2.45) is 51.2 Å². The van der Waals surface area contributed by atoms with Crippen molar-refractivity contribution < 1.29 is 20.1 Å². The SMILES string of the molecule is C=C(C)C1CCC2(CO)CCC3(C)C(CCC4C(C)(CCC(=O)O)C(C(C)(C)O)CCC43C)C12. The van der Waals surface area contributed by atoms with Gasteiger partial charge in [-0.15, -0.1) is 0 Å². The minimum Gasteiger partial charge on any atom is -0.481 e. The standard InChI is InChI=1S/C30H50O4/c1-19(2)20-10-15-30(18-31)17-16-28(6)21(25(20)30)8-9-23-27(5,13-12-24(32)33)22(26(3,4)34)11-14-29(23,28)7/h20-23,25,31,34H,1,8-18H2,2-7H3,(H,32,33). The number of aliphatic hydroxyl groups excluding tert-OH is 1. The molecule has 0 saturated heterocycles. The Bertz CT molecular complexity index is 828. The van der Waals surface area contributed by atoms with Gasteiger partial charge in [0.25, 0.3) is 0 Å². The molecule has 0 aliphatic heterocycles. The third-order valence-corrected chi connectivity index (χ3v) is 12.6. The molecule has 194 valence electrons. The first-order valence-corrected chi connectivity index (χ1v) is 13.9. The van der Waals surface area contributed by atoms with Crippen LogP contribution in [-0.4, -0.2) is 33.5 Å². The molecule has 4 saturated carbocycles. The molecule has 4 aliphatic rings. The van der Waals surface area contributed by atoms with Crippen molar-refractivity contribution in [1.82, 2.24) is 0 Å². The molecule has 4 fully saturated rings. The van der Waals surface area contributed by atoms with E-state index in [0.29, 0.717) is 36.7 Å². The van der Waals surface area contributed by atoms with Crippen LogP contribution in [0.4, 0.5) is 0 Å². The van der Waals surface area contributed by atoms with Crippen LogP contribution in [0.1, 0.15) is 106 Å². The summed E-state index contributed by atoms with van der Waals surface area (Å²) in [5.74, 6) is 1.35. The highest BCUT2D eigenvalue weighted by Crippen LogP contribution is 2.76. The molecular formula is C30H50O4. The summed E-state index contributed by atoms with van der Waals surface area (Å²) in [6.45, 7) is 18.1. The zero-order valence-corrected chi connectivity index (χ0v) is 22.6. The molecule has 0 heterocycles. The Morgan fingerprint density at radius 3 is 2.24 bits per heavy atom. The first-order chi connectivity index (χ1) is 15.7. The summed E-state index contributed by atoms with van der Waals surface area (Å²) in [5.41, 5.74) is 0.581. The molecule has 9 unspecified atom stereocenters. The Morgan fingerprint density at radius 2 is 1.68 bits per heavy atom. The average molecular weight is 475 g/mol. The zero-order valence-electron chi connectivity index (χ0n) is 22.6. The third kappa shape index (κ3) is 3.56. The second kappa shape index (κ2) is 8.33. The molecule has 3 N–H and O–H groups in total. The van der Waals surface area contributed by atoms with E-state index in [1.54, 1.807) is 0 Å². The van der Waals surface area contributed by atoms with Gasteiger partial charge < -0.3 is 15.3 Å². The van der Waals surface area contributed by atoms with Gasteiger partial charge in [0.2, 0.25) is 0 Å². The van der Waals surface area contributed by atoms with Gasteiger partial charge in [0.05, 0.1) is 5.60 Å². The molecule has 4 heteroatoms. The highest BCUT2D eigenvalue weighted by atomic mass is 16.4. The van der Waals surface area contributed by atoms with E-state index in [4.69, 9.17) is 0 Å². The average Bonchev–Trinajstić information content (AvgIpc) is 3.12. The lowest BCUT2D eigenvalue weighted by molar-refractivity contribution is -0.238. The summed E-state index contributed by atoms with van der Waals surface area (Å²) in [4.78, 5) is 11.7. The number of aliphatic carboxylic acids is 1. The number of hydrogen-bond donors (Lipinski definition) is 3.